The van der Waals surface area contributed by atoms with E-state index in [4.69, 9.17) is 4.74 Å². The molecule has 0 aliphatic carbocycles. The van der Waals surface area contributed by atoms with Crippen molar-refractivity contribution in [2.24, 2.45) is 0 Å². The Labute approximate surface area is 102 Å². The van der Waals surface area contributed by atoms with E-state index in [-0.39, 0.29) is 12.0 Å². The highest BCUT2D eigenvalue weighted by Gasteiger charge is 2.09. The van der Waals surface area contributed by atoms with Gasteiger partial charge in [0.2, 0.25) is 0 Å². The van der Waals surface area contributed by atoms with Crippen molar-refractivity contribution >= 4 is 11.6 Å². The van der Waals surface area contributed by atoms with E-state index in [1.54, 1.807) is 25.5 Å². The van der Waals surface area contributed by atoms with Crippen molar-refractivity contribution in [1.82, 2.24) is 10.3 Å². The number of hydrogen-bond acceptors (Lipinski definition) is 4. The molecular formula is C12H19N3O2. The molecule has 1 aromatic heterocycles. The molecule has 0 aromatic carbocycles. The number of ether oxygens (including phenoxy) is 1. The number of nitrogens with one attached hydrogen (secondary N) is 2. The average molecular weight is 237 g/mol. The maximum Gasteiger partial charge on any atom is 0.255 e. The third-order valence-electron chi connectivity index (χ3n) is 2.17. The van der Waals surface area contributed by atoms with E-state index in [0.717, 1.165) is 5.69 Å². The largest absolute Gasteiger partial charge is 0.387 e. The summed E-state index contributed by atoms with van der Waals surface area (Å²) in [6.45, 7) is 4.93. The Morgan fingerprint density at radius 1 is 1.53 bits per heavy atom. The monoisotopic (exact) mass is 237 g/mol. The van der Waals surface area contributed by atoms with Gasteiger partial charge < -0.3 is 15.4 Å². The summed E-state index contributed by atoms with van der Waals surface area (Å²) in [7, 11) is 1.77. The van der Waals surface area contributed by atoms with Crippen LogP contribution in [0.4, 0.5) is 5.69 Å². The van der Waals surface area contributed by atoms with Crippen LogP contribution in [0.5, 0.6) is 0 Å². The van der Waals surface area contributed by atoms with Gasteiger partial charge in [0.25, 0.3) is 5.91 Å². The second-order valence-electron chi connectivity index (χ2n) is 3.85. The van der Waals surface area contributed by atoms with Gasteiger partial charge in [-0.3, -0.25) is 9.78 Å². The number of nitrogens with zero attached hydrogens (tertiary/aromatic N) is 1. The number of carbonyl (C=O) groups excluding carboxylic acids is 1. The van der Waals surface area contributed by atoms with Gasteiger partial charge in [-0.15, -0.1) is 0 Å². The number of pyridine rings is 1. The molecule has 0 fully saturated rings. The number of rotatable bonds is 6. The SMILES string of the molecule is CNc1ccncc1C(=O)NCCOC(C)C. The molecule has 0 unspecified atom stereocenters. The Morgan fingerprint density at radius 3 is 2.94 bits per heavy atom. The molecule has 1 heterocycles. The van der Waals surface area contributed by atoms with Crippen LogP contribution in [0.3, 0.4) is 0 Å². The zero-order valence-corrected chi connectivity index (χ0v) is 10.5. The Hall–Kier alpha value is -1.62. The molecule has 0 radical (unpaired) electrons. The fourth-order valence-electron chi connectivity index (χ4n) is 1.35. The second-order valence-corrected chi connectivity index (χ2v) is 3.85. The molecule has 0 bridgehead atoms. The number of anilines is 1. The van der Waals surface area contributed by atoms with Gasteiger partial charge in [0.05, 0.1) is 18.3 Å². The zero-order chi connectivity index (χ0) is 12.7. The minimum atomic E-state index is -0.144. The van der Waals surface area contributed by atoms with E-state index in [2.05, 4.69) is 15.6 Å². The first-order valence-electron chi connectivity index (χ1n) is 5.66. The van der Waals surface area contributed by atoms with Gasteiger partial charge in [-0.05, 0) is 19.9 Å². The topological polar surface area (TPSA) is 63.2 Å². The number of hydrogen-bond donors (Lipinski definition) is 2. The van der Waals surface area contributed by atoms with Crippen LogP contribution in [0.2, 0.25) is 0 Å². The van der Waals surface area contributed by atoms with Crippen LogP contribution in [0, 0.1) is 0 Å². The van der Waals surface area contributed by atoms with Crippen LogP contribution < -0.4 is 10.6 Å². The molecule has 0 saturated heterocycles. The predicted molar refractivity (Wildman–Crippen MR) is 67.2 cm³/mol. The maximum absolute atomic E-state index is 11.8. The summed E-state index contributed by atoms with van der Waals surface area (Å²) in [4.78, 5) is 15.8. The lowest BCUT2D eigenvalue weighted by Crippen LogP contribution is -2.28. The van der Waals surface area contributed by atoms with E-state index >= 15 is 0 Å². The predicted octanol–water partition coefficient (Wildman–Crippen LogP) is 1.28. The van der Waals surface area contributed by atoms with Crippen molar-refractivity contribution in [3.63, 3.8) is 0 Å². The molecule has 2 N–H and O–H groups in total. The normalized spacial score (nSPS) is 10.4. The van der Waals surface area contributed by atoms with Crippen LogP contribution >= 0.6 is 0 Å². The molecule has 1 amide bonds. The summed E-state index contributed by atoms with van der Waals surface area (Å²) in [6, 6.07) is 1.76. The molecule has 1 rings (SSSR count). The molecule has 5 heteroatoms. The van der Waals surface area contributed by atoms with Crippen LogP contribution in [-0.2, 0) is 4.74 Å². The summed E-state index contributed by atoms with van der Waals surface area (Å²) >= 11 is 0. The van der Waals surface area contributed by atoms with Crippen LogP contribution in [0.15, 0.2) is 18.5 Å². The fourth-order valence-corrected chi connectivity index (χ4v) is 1.35. The third-order valence-corrected chi connectivity index (χ3v) is 2.17. The minimum absolute atomic E-state index is 0.144. The Bertz CT molecular complexity index is 367. The number of aromatic nitrogens is 1. The molecular weight excluding hydrogens is 218 g/mol. The van der Waals surface area contributed by atoms with Crippen molar-refractivity contribution in [3.05, 3.63) is 24.0 Å². The standard InChI is InChI=1S/C12H19N3O2/c1-9(2)17-7-6-15-12(16)10-8-14-5-4-11(10)13-3/h4-5,8-9H,6-7H2,1-3H3,(H,13,14)(H,15,16). The van der Waals surface area contributed by atoms with Gasteiger partial charge >= 0.3 is 0 Å². The van der Waals surface area contributed by atoms with Crippen molar-refractivity contribution in [2.75, 3.05) is 25.5 Å². The Morgan fingerprint density at radius 2 is 2.29 bits per heavy atom. The molecule has 0 atom stereocenters. The molecule has 5 nitrogen and oxygen atoms in total. The Kier molecular flexibility index (Phi) is 5.42. The summed E-state index contributed by atoms with van der Waals surface area (Å²) in [6.07, 6.45) is 3.37. The lowest BCUT2D eigenvalue weighted by molar-refractivity contribution is 0.0747. The first-order chi connectivity index (χ1) is 8.15. The average Bonchev–Trinajstić information content (AvgIpc) is 2.34. The molecule has 0 aliphatic rings. The first-order valence-corrected chi connectivity index (χ1v) is 5.66. The molecule has 0 saturated carbocycles. The van der Waals surface area contributed by atoms with Gasteiger partial charge in [0.1, 0.15) is 0 Å². The summed E-state index contributed by atoms with van der Waals surface area (Å²) in [5.74, 6) is -0.144. The van der Waals surface area contributed by atoms with Crippen LogP contribution in [-0.4, -0.2) is 37.2 Å². The third kappa shape index (κ3) is 4.40. The van der Waals surface area contributed by atoms with Crippen molar-refractivity contribution in [1.29, 1.82) is 0 Å². The summed E-state index contributed by atoms with van der Waals surface area (Å²) in [5, 5.41) is 5.74. The number of carbonyl (C=O) groups is 1. The van der Waals surface area contributed by atoms with E-state index in [1.807, 2.05) is 13.8 Å². The fraction of sp³-hybridized carbons (Fsp3) is 0.500. The first kappa shape index (κ1) is 13.4. The molecule has 17 heavy (non-hydrogen) atoms. The van der Waals surface area contributed by atoms with Crippen LogP contribution in [0.25, 0.3) is 0 Å². The van der Waals surface area contributed by atoms with E-state index < -0.39 is 0 Å². The highest BCUT2D eigenvalue weighted by Crippen LogP contribution is 2.11. The Balaban J connectivity index is 2.47. The van der Waals surface area contributed by atoms with E-state index in [1.165, 1.54) is 0 Å². The maximum atomic E-state index is 11.8. The molecule has 0 spiro atoms. The van der Waals surface area contributed by atoms with Gasteiger partial charge in [0, 0.05) is 31.7 Å². The van der Waals surface area contributed by atoms with Crippen LogP contribution in [0.1, 0.15) is 24.2 Å². The highest BCUT2D eigenvalue weighted by atomic mass is 16.5. The summed E-state index contributed by atoms with van der Waals surface area (Å²) in [5.41, 5.74) is 1.31. The lowest BCUT2D eigenvalue weighted by Gasteiger charge is -2.10. The van der Waals surface area contributed by atoms with Crippen molar-refractivity contribution in [3.8, 4) is 0 Å². The smallest absolute Gasteiger partial charge is 0.255 e. The van der Waals surface area contributed by atoms with Gasteiger partial charge in [-0.2, -0.15) is 0 Å². The van der Waals surface area contributed by atoms with Gasteiger partial charge in [-0.25, -0.2) is 0 Å². The molecule has 0 aliphatic heterocycles. The lowest BCUT2D eigenvalue weighted by atomic mass is 10.2. The number of amides is 1. The van der Waals surface area contributed by atoms with E-state index in [0.29, 0.717) is 18.7 Å². The van der Waals surface area contributed by atoms with Crippen molar-refractivity contribution in [2.45, 2.75) is 20.0 Å². The molecule has 94 valence electrons. The van der Waals surface area contributed by atoms with Gasteiger partial charge in [-0.1, -0.05) is 0 Å². The quantitative estimate of drug-likeness (QED) is 0.732. The molecule has 1 aromatic rings. The van der Waals surface area contributed by atoms with E-state index in [9.17, 15) is 4.79 Å². The highest BCUT2D eigenvalue weighted by molar-refractivity contribution is 5.99. The van der Waals surface area contributed by atoms with Crippen molar-refractivity contribution < 1.29 is 9.53 Å². The summed E-state index contributed by atoms with van der Waals surface area (Å²) < 4.78 is 5.34. The minimum Gasteiger partial charge on any atom is -0.387 e. The zero-order valence-electron chi connectivity index (χ0n) is 10.5. The second kappa shape index (κ2) is 6.85. The van der Waals surface area contributed by atoms with Gasteiger partial charge in [0.15, 0.2) is 0 Å².